The fourth-order valence-corrected chi connectivity index (χ4v) is 6.98. The van der Waals surface area contributed by atoms with Crippen LogP contribution in [-0.2, 0) is 44.6 Å². The summed E-state index contributed by atoms with van der Waals surface area (Å²) < 4.78 is 75.5. The van der Waals surface area contributed by atoms with Gasteiger partial charge < -0.3 is 24.4 Å². The Balaban J connectivity index is 1.26. The molecule has 15 heteroatoms. The first-order valence-corrected chi connectivity index (χ1v) is 19.9. The lowest BCUT2D eigenvalue weighted by Crippen LogP contribution is -2.39. The van der Waals surface area contributed by atoms with Crippen LogP contribution in [0.25, 0.3) is 6.08 Å². The average molecular weight is 765 g/mol. The Labute approximate surface area is 309 Å². The van der Waals surface area contributed by atoms with Crippen LogP contribution in [0.1, 0.15) is 25.0 Å². The van der Waals surface area contributed by atoms with Crippen molar-refractivity contribution in [3.8, 4) is 23.0 Å². The molecule has 0 aliphatic carbocycles. The first-order chi connectivity index (χ1) is 25.4. The van der Waals surface area contributed by atoms with E-state index in [1.165, 1.54) is 11.0 Å². The van der Waals surface area contributed by atoms with Gasteiger partial charge in [0.1, 0.15) is 23.0 Å². The van der Waals surface area contributed by atoms with Crippen molar-refractivity contribution >= 4 is 43.8 Å². The van der Waals surface area contributed by atoms with Gasteiger partial charge in [0, 0.05) is 5.69 Å². The van der Waals surface area contributed by atoms with Gasteiger partial charge in [-0.25, -0.2) is 0 Å². The molecule has 2 amide bonds. The third kappa shape index (κ3) is 11.9. The molecular weight excluding hydrogens is 725 g/mol. The molecule has 280 valence electrons. The zero-order valence-electron chi connectivity index (χ0n) is 29.1. The van der Waals surface area contributed by atoms with Crippen molar-refractivity contribution in [2.24, 2.45) is 0 Å². The molecule has 0 unspecified atom stereocenters. The van der Waals surface area contributed by atoms with Gasteiger partial charge >= 0.3 is 11.8 Å². The predicted molar refractivity (Wildman–Crippen MR) is 199 cm³/mol. The zero-order valence-corrected chi connectivity index (χ0v) is 30.8. The van der Waals surface area contributed by atoms with Crippen LogP contribution in [0.2, 0.25) is 0 Å². The summed E-state index contributed by atoms with van der Waals surface area (Å²) in [6, 6.07) is 29.3. The third-order valence-corrected chi connectivity index (χ3v) is 10.1. The molecule has 1 aliphatic heterocycles. The summed E-state index contributed by atoms with van der Waals surface area (Å²) in [7, 11) is -7.43. The second kappa shape index (κ2) is 18.0. The number of para-hydroxylation sites is 1. The van der Waals surface area contributed by atoms with E-state index in [2.05, 4.69) is 5.32 Å². The van der Waals surface area contributed by atoms with Gasteiger partial charge in [0.25, 0.3) is 20.2 Å². The van der Waals surface area contributed by atoms with Crippen LogP contribution in [0, 0.1) is 0 Å². The van der Waals surface area contributed by atoms with E-state index in [0.717, 1.165) is 11.0 Å². The summed E-state index contributed by atoms with van der Waals surface area (Å²) in [5.41, 5.74) is 1.75. The molecule has 0 spiro atoms. The summed E-state index contributed by atoms with van der Waals surface area (Å²) in [6.45, 7) is 3.34. The minimum atomic E-state index is -3.80. The highest BCUT2D eigenvalue weighted by Crippen LogP contribution is 2.26. The summed E-state index contributed by atoms with van der Waals surface area (Å²) >= 11 is 0. The Morgan fingerprint density at radius 3 is 1.85 bits per heavy atom. The van der Waals surface area contributed by atoms with E-state index in [9.17, 15) is 26.4 Å². The number of carbonyl (C=O) groups is 2. The number of rotatable bonds is 16. The van der Waals surface area contributed by atoms with Crippen LogP contribution in [0.5, 0.6) is 23.0 Å². The predicted octanol–water partition coefficient (Wildman–Crippen LogP) is 5.40. The van der Waals surface area contributed by atoms with Crippen molar-refractivity contribution in [1.82, 2.24) is 4.90 Å². The topological polar surface area (TPSA) is 164 Å². The average Bonchev–Trinajstić information content (AvgIpc) is 3.53. The number of hydrogen-bond donors (Lipinski definition) is 1. The standard InChI is InChI=1S/C38H40N2O11S2/c1-3-47-52(43,44)24-22-28-10-16-33(17-11-28)50-35-26-40(27-36(35)51-34-18-12-29(13-19-34)23-25-53(45,46)48-4-2)38(42)37(41)39-30-14-20-32(21-15-30)49-31-8-6-5-7-9-31/h5-22,24,35-36H,3-4,23,25-27H2,1-2H3,(H,39,41)/b24-22+/t35-,36+/m1/s1. The first-order valence-electron chi connectivity index (χ1n) is 16.8. The summed E-state index contributed by atoms with van der Waals surface area (Å²) in [4.78, 5) is 27.8. The molecule has 0 radical (unpaired) electrons. The van der Waals surface area contributed by atoms with Gasteiger partial charge in [-0.05, 0) is 98.1 Å². The van der Waals surface area contributed by atoms with E-state index in [-0.39, 0.29) is 38.5 Å². The number of likely N-dealkylation sites (tertiary alicyclic amines) is 1. The number of amides is 2. The Hall–Kier alpha value is -5.22. The number of hydrogen-bond acceptors (Lipinski definition) is 11. The van der Waals surface area contributed by atoms with Crippen molar-refractivity contribution < 1.29 is 49.0 Å². The Morgan fingerprint density at radius 1 is 0.717 bits per heavy atom. The van der Waals surface area contributed by atoms with E-state index in [1.54, 1.807) is 86.6 Å². The van der Waals surface area contributed by atoms with Crippen LogP contribution >= 0.6 is 0 Å². The lowest BCUT2D eigenvalue weighted by molar-refractivity contribution is -0.142. The van der Waals surface area contributed by atoms with Crippen LogP contribution in [0.3, 0.4) is 0 Å². The van der Waals surface area contributed by atoms with Crippen molar-refractivity contribution in [2.75, 3.05) is 37.4 Å². The Kier molecular flexibility index (Phi) is 13.3. The number of aryl methyl sites for hydroxylation is 1. The van der Waals surface area contributed by atoms with Crippen LogP contribution in [0.15, 0.2) is 109 Å². The molecule has 4 aromatic rings. The van der Waals surface area contributed by atoms with E-state index in [1.807, 2.05) is 30.3 Å². The number of ether oxygens (including phenoxy) is 3. The van der Waals surface area contributed by atoms with Gasteiger partial charge in [0.15, 0.2) is 12.2 Å². The summed E-state index contributed by atoms with van der Waals surface area (Å²) in [5.74, 6) is 0.307. The molecule has 2 atom stereocenters. The Morgan fingerprint density at radius 2 is 1.26 bits per heavy atom. The molecule has 1 fully saturated rings. The molecule has 0 aromatic heterocycles. The van der Waals surface area contributed by atoms with Gasteiger partial charge in [-0.2, -0.15) is 16.8 Å². The number of carbonyl (C=O) groups excluding carboxylic acids is 2. The highest BCUT2D eigenvalue weighted by molar-refractivity contribution is 7.89. The number of benzene rings is 4. The highest BCUT2D eigenvalue weighted by atomic mass is 32.2. The van der Waals surface area contributed by atoms with Crippen molar-refractivity contribution in [3.05, 3.63) is 120 Å². The molecule has 0 saturated carbocycles. The van der Waals surface area contributed by atoms with Gasteiger partial charge in [-0.1, -0.05) is 42.5 Å². The quantitative estimate of drug-likeness (QED) is 0.115. The highest BCUT2D eigenvalue weighted by Gasteiger charge is 2.40. The number of nitrogens with one attached hydrogen (secondary N) is 1. The van der Waals surface area contributed by atoms with Crippen LogP contribution < -0.4 is 19.5 Å². The zero-order chi connectivity index (χ0) is 37.8. The van der Waals surface area contributed by atoms with Crippen molar-refractivity contribution in [2.45, 2.75) is 32.5 Å². The molecule has 4 aromatic carbocycles. The first kappa shape index (κ1) is 39.0. The van der Waals surface area contributed by atoms with Crippen LogP contribution in [-0.4, -0.2) is 77.8 Å². The van der Waals surface area contributed by atoms with Crippen molar-refractivity contribution in [1.29, 1.82) is 0 Å². The van der Waals surface area contributed by atoms with Gasteiger partial charge in [0.2, 0.25) is 0 Å². The number of anilines is 1. The molecular formula is C38H40N2O11S2. The van der Waals surface area contributed by atoms with Crippen molar-refractivity contribution in [3.63, 3.8) is 0 Å². The summed E-state index contributed by atoms with van der Waals surface area (Å²) in [6.07, 6.45) is 0.258. The van der Waals surface area contributed by atoms with Gasteiger partial charge in [0.05, 0.1) is 37.5 Å². The smallest absolute Gasteiger partial charge is 0.313 e. The molecule has 1 aliphatic rings. The SMILES string of the molecule is CCOS(=O)(=O)/C=C/c1ccc(O[C@@H]2CN(C(=O)C(=O)Nc3ccc(Oc4ccccc4)cc3)C[C@@H]2Oc2ccc(CCS(=O)(=O)OCC)cc2)cc1. The fraction of sp³-hybridized carbons (Fsp3) is 0.263. The monoisotopic (exact) mass is 764 g/mol. The third-order valence-electron chi connectivity index (χ3n) is 7.81. The van der Waals surface area contributed by atoms with E-state index < -0.39 is 44.3 Å². The molecule has 1 heterocycles. The second-order valence-electron chi connectivity index (χ2n) is 11.7. The van der Waals surface area contributed by atoms with Gasteiger partial charge in [-0.3, -0.25) is 18.0 Å². The molecule has 0 bridgehead atoms. The minimum Gasteiger partial charge on any atom is -0.485 e. The fourth-order valence-electron chi connectivity index (χ4n) is 5.28. The molecule has 53 heavy (non-hydrogen) atoms. The minimum absolute atomic E-state index is 0.0198. The number of nitrogens with zero attached hydrogens (tertiary/aromatic N) is 1. The van der Waals surface area contributed by atoms with Crippen LogP contribution in [0.4, 0.5) is 5.69 Å². The van der Waals surface area contributed by atoms with E-state index >= 15 is 0 Å². The van der Waals surface area contributed by atoms with E-state index in [0.29, 0.717) is 34.2 Å². The lowest BCUT2D eigenvalue weighted by Gasteiger charge is -2.21. The Bertz CT molecular complexity index is 2070. The maximum atomic E-state index is 13.4. The summed E-state index contributed by atoms with van der Waals surface area (Å²) in [5, 5.41) is 3.60. The molecule has 1 N–H and O–H groups in total. The normalized spacial score (nSPS) is 16.0. The molecule has 13 nitrogen and oxygen atoms in total. The molecule has 5 rings (SSSR count). The molecule has 1 saturated heterocycles. The second-order valence-corrected chi connectivity index (χ2v) is 15.0. The maximum absolute atomic E-state index is 13.4. The lowest BCUT2D eigenvalue weighted by atomic mass is 10.1. The maximum Gasteiger partial charge on any atom is 0.313 e. The van der Waals surface area contributed by atoms with E-state index in [4.69, 9.17) is 22.6 Å². The van der Waals surface area contributed by atoms with Gasteiger partial charge in [-0.15, -0.1) is 0 Å². The largest absolute Gasteiger partial charge is 0.485 e.